The molecule has 0 aromatic carbocycles. The van der Waals surface area contributed by atoms with Crippen molar-refractivity contribution in [1.29, 1.82) is 10.7 Å². The summed E-state index contributed by atoms with van der Waals surface area (Å²) in [7, 11) is 0. The lowest BCUT2D eigenvalue weighted by molar-refractivity contribution is 1.18. The van der Waals surface area contributed by atoms with Crippen LogP contribution < -0.4 is 0 Å². The monoisotopic (exact) mass is 236 g/mol. The molecule has 4 nitrogen and oxygen atoms in total. The molecule has 0 amide bonds. The number of nitrogens with one attached hydrogen (secondary N) is 1. The van der Waals surface area contributed by atoms with E-state index in [1.165, 1.54) is 6.21 Å². The summed E-state index contributed by atoms with van der Waals surface area (Å²) in [6.07, 6.45) is 6.88. The van der Waals surface area contributed by atoms with Crippen molar-refractivity contribution in [3.8, 4) is 6.07 Å². The molecule has 0 atom stereocenters. The fourth-order valence-electron chi connectivity index (χ4n) is 1.72. The average molecular weight is 236 g/mol. The van der Waals surface area contributed by atoms with Gasteiger partial charge in [0, 0.05) is 41.9 Å². The zero-order valence-corrected chi connectivity index (χ0v) is 10.0. The van der Waals surface area contributed by atoms with E-state index in [1.54, 1.807) is 12.4 Å². The molecule has 0 unspecified atom stereocenters. The van der Waals surface area contributed by atoms with E-state index in [1.807, 2.05) is 25.1 Å². The van der Waals surface area contributed by atoms with E-state index in [2.05, 4.69) is 16.0 Å². The zero-order chi connectivity index (χ0) is 13.0. The number of aromatic nitrogens is 1. The van der Waals surface area contributed by atoms with Crippen LogP contribution >= 0.6 is 0 Å². The Morgan fingerprint density at radius 2 is 2.33 bits per heavy atom. The SMILES string of the molecule is Cc1cc(C2=C(C#N)CC=C(C=N)C=N2)ccn1. The molecule has 0 fully saturated rings. The van der Waals surface area contributed by atoms with Gasteiger partial charge in [-0.3, -0.25) is 9.98 Å². The fourth-order valence-corrected chi connectivity index (χ4v) is 1.72. The Labute approximate surface area is 106 Å². The minimum Gasteiger partial charge on any atom is -0.308 e. The van der Waals surface area contributed by atoms with E-state index in [0.29, 0.717) is 23.3 Å². The lowest BCUT2D eigenvalue weighted by Gasteiger charge is -2.04. The highest BCUT2D eigenvalue weighted by Gasteiger charge is 2.10. The molecule has 1 N–H and O–H groups in total. The first-order chi connectivity index (χ1) is 8.74. The maximum absolute atomic E-state index is 9.19. The number of nitrogens with zero attached hydrogens (tertiary/aromatic N) is 3. The lowest BCUT2D eigenvalue weighted by Crippen LogP contribution is -1.90. The number of aliphatic imine (C=N–C) groups is 1. The number of pyridine rings is 1. The summed E-state index contributed by atoms with van der Waals surface area (Å²) in [5.41, 5.74) is 3.75. The van der Waals surface area contributed by atoms with E-state index in [9.17, 15) is 5.26 Å². The maximum Gasteiger partial charge on any atom is 0.0973 e. The van der Waals surface area contributed by atoms with Crippen LogP contribution in [0.25, 0.3) is 5.70 Å². The van der Waals surface area contributed by atoms with Crippen LogP contribution in [0.1, 0.15) is 17.7 Å². The number of allylic oxidation sites excluding steroid dienone is 3. The molecule has 4 heteroatoms. The van der Waals surface area contributed by atoms with Crippen LogP contribution in [0.4, 0.5) is 0 Å². The summed E-state index contributed by atoms with van der Waals surface area (Å²) in [6.45, 7) is 1.90. The normalized spacial score (nSPS) is 14.8. The Kier molecular flexibility index (Phi) is 3.44. The van der Waals surface area contributed by atoms with Gasteiger partial charge >= 0.3 is 0 Å². The van der Waals surface area contributed by atoms with E-state index in [-0.39, 0.29) is 0 Å². The van der Waals surface area contributed by atoms with Gasteiger partial charge in [-0.05, 0) is 19.1 Å². The van der Waals surface area contributed by atoms with Crippen LogP contribution in [-0.4, -0.2) is 17.4 Å². The molecule has 1 aromatic rings. The molecule has 18 heavy (non-hydrogen) atoms. The molecule has 2 heterocycles. The molecular formula is C14H12N4. The van der Waals surface area contributed by atoms with E-state index < -0.39 is 0 Å². The van der Waals surface area contributed by atoms with Crippen molar-refractivity contribution in [2.24, 2.45) is 4.99 Å². The van der Waals surface area contributed by atoms with Crippen LogP contribution in [0, 0.1) is 23.7 Å². The Bertz CT molecular complexity index is 615. The summed E-state index contributed by atoms with van der Waals surface area (Å²) < 4.78 is 0. The topological polar surface area (TPSA) is 72.9 Å². The minimum absolute atomic E-state index is 0.498. The molecule has 0 bridgehead atoms. The number of hydrogen-bond acceptors (Lipinski definition) is 4. The quantitative estimate of drug-likeness (QED) is 0.802. The van der Waals surface area contributed by atoms with Crippen LogP contribution in [0.15, 0.2) is 40.5 Å². The number of aryl methyl sites for hydroxylation is 1. The van der Waals surface area contributed by atoms with Crippen molar-refractivity contribution >= 4 is 18.1 Å². The predicted molar refractivity (Wildman–Crippen MR) is 71.5 cm³/mol. The van der Waals surface area contributed by atoms with Crippen LogP contribution in [-0.2, 0) is 0 Å². The largest absolute Gasteiger partial charge is 0.308 e. The smallest absolute Gasteiger partial charge is 0.0973 e. The molecule has 1 aliphatic rings. The first kappa shape index (κ1) is 11.9. The van der Waals surface area contributed by atoms with Gasteiger partial charge in [0.2, 0.25) is 0 Å². The highest BCUT2D eigenvalue weighted by atomic mass is 14.8. The first-order valence-electron chi connectivity index (χ1n) is 5.55. The second kappa shape index (κ2) is 5.19. The van der Waals surface area contributed by atoms with Crippen LogP contribution in [0.2, 0.25) is 0 Å². The number of nitriles is 1. The van der Waals surface area contributed by atoms with Gasteiger partial charge in [-0.15, -0.1) is 0 Å². The summed E-state index contributed by atoms with van der Waals surface area (Å²) in [5.74, 6) is 0. The minimum atomic E-state index is 0.498. The van der Waals surface area contributed by atoms with Gasteiger partial charge < -0.3 is 5.41 Å². The predicted octanol–water partition coefficient (Wildman–Crippen LogP) is 2.68. The molecule has 88 valence electrons. The zero-order valence-electron chi connectivity index (χ0n) is 10.0. The Balaban J connectivity index is 2.51. The molecule has 0 saturated heterocycles. The summed E-state index contributed by atoms with van der Waals surface area (Å²) in [5, 5.41) is 16.4. The van der Waals surface area contributed by atoms with Gasteiger partial charge in [-0.25, -0.2) is 0 Å². The van der Waals surface area contributed by atoms with Gasteiger partial charge in [0.25, 0.3) is 0 Å². The molecular weight excluding hydrogens is 224 g/mol. The third-order valence-corrected chi connectivity index (χ3v) is 2.64. The fraction of sp³-hybridized carbons (Fsp3) is 0.143. The highest BCUT2D eigenvalue weighted by Crippen LogP contribution is 2.24. The van der Waals surface area contributed by atoms with Gasteiger partial charge in [0.05, 0.1) is 17.3 Å². The van der Waals surface area contributed by atoms with Gasteiger partial charge in [-0.2, -0.15) is 5.26 Å². The van der Waals surface area contributed by atoms with E-state index in [4.69, 9.17) is 5.41 Å². The lowest BCUT2D eigenvalue weighted by atomic mass is 10.1. The second-order valence-electron chi connectivity index (χ2n) is 3.94. The number of hydrogen-bond donors (Lipinski definition) is 1. The molecule has 0 radical (unpaired) electrons. The second-order valence-corrected chi connectivity index (χ2v) is 3.94. The van der Waals surface area contributed by atoms with Gasteiger partial charge in [0.15, 0.2) is 0 Å². The molecule has 2 rings (SSSR count). The molecule has 0 spiro atoms. The van der Waals surface area contributed by atoms with Crippen molar-refractivity contribution in [3.63, 3.8) is 0 Å². The Morgan fingerprint density at radius 3 is 3.00 bits per heavy atom. The van der Waals surface area contributed by atoms with Crippen LogP contribution in [0.3, 0.4) is 0 Å². The Hall–Kier alpha value is -2.54. The number of rotatable bonds is 2. The van der Waals surface area contributed by atoms with E-state index in [0.717, 1.165) is 11.3 Å². The molecule has 0 saturated carbocycles. The summed E-state index contributed by atoms with van der Waals surface area (Å²) >= 11 is 0. The van der Waals surface area contributed by atoms with Crippen molar-refractivity contribution in [2.45, 2.75) is 13.3 Å². The van der Waals surface area contributed by atoms with E-state index >= 15 is 0 Å². The molecule has 1 aliphatic heterocycles. The van der Waals surface area contributed by atoms with Gasteiger partial charge in [-0.1, -0.05) is 6.08 Å². The Morgan fingerprint density at radius 1 is 1.50 bits per heavy atom. The summed E-state index contributed by atoms with van der Waals surface area (Å²) in [6, 6.07) is 5.92. The third kappa shape index (κ3) is 2.41. The van der Waals surface area contributed by atoms with Crippen molar-refractivity contribution in [3.05, 3.63) is 46.8 Å². The van der Waals surface area contributed by atoms with Crippen molar-refractivity contribution in [1.82, 2.24) is 4.98 Å². The van der Waals surface area contributed by atoms with Crippen LogP contribution in [0.5, 0.6) is 0 Å². The summed E-state index contributed by atoms with van der Waals surface area (Å²) in [4.78, 5) is 8.46. The molecule has 1 aromatic heterocycles. The molecule has 0 aliphatic carbocycles. The van der Waals surface area contributed by atoms with Crippen molar-refractivity contribution < 1.29 is 0 Å². The standard InChI is InChI=1S/C14H12N4/c1-10-6-12(4-5-17-10)14-13(8-16)3-2-11(7-15)9-18-14/h2,4-7,9,15H,3H2,1H3. The average Bonchev–Trinajstić information content (AvgIpc) is 2.60. The highest BCUT2D eigenvalue weighted by molar-refractivity contribution is 6.05. The maximum atomic E-state index is 9.19. The third-order valence-electron chi connectivity index (χ3n) is 2.64. The van der Waals surface area contributed by atoms with Gasteiger partial charge in [0.1, 0.15) is 0 Å². The van der Waals surface area contributed by atoms with Crippen molar-refractivity contribution in [2.75, 3.05) is 0 Å². The first-order valence-corrected chi connectivity index (χ1v) is 5.55.